The van der Waals surface area contributed by atoms with Crippen LogP contribution in [-0.4, -0.2) is 21.9 Å². The Kier molecular flexibility index (Phi) is 5.25. The molecular formula is C13H20O3S. The normalized spacial score (nSPS) is 23.7. The molecule has 96 valence electrons. The maximum Gasteiger partial charge on any atom is 0.368 e. The number of Topliss-reactive ketones (excluding diaryl/α,β-unsaturated/α-hetero) is 1. The van der Waals surface area contributed by atoms with E-state index in [0.717, 1.165) is 12.8 Å². The van der Waals surface area contributed by atoms with Crippen LogP contribution in [0.5, 0.6) is 0 Å². The minimum Gasteiger partial charge on any atom is -0.450 e. The zero-order chi connectivity index (χ0) is 12.9. The van der Waals surface area contributed by atoms with Gasteiger partial charge in [0, 0.05) is 17.6 Å². The van der Waals surface area contributed by atoms with Gasteiger partial charge in [-0.3, -0.25) is 4.79 Å². The van der Waals surface area contributed by atoms with Gasteiger partial charge in [0.05, 0.1) is 0 Å². The number of carbonyl (C=O) groups is 2. The average molecular weight is 256 g/mol. The Morgan fingerprint density at radius 3 is 2.82 bits per heavy atom. The highest BCUT2D eigenvalue weighted by Gasteiger charge is 2.21. The number of hydrogen-bond donors (Lipinski definition) is 0. The van der Waals surface area contributed by atoms with Crippen LogP contribution in [0, 0.1) is 0 Å². The van der Waals surface area contributed by atoms with Crippen LogP contribution >= 0.6 is 11.8 Å². The SMILES string of the molecule is CC(C)(C)SC(=O)OC1/C=C/CC(=O)CCC1. The van der Waals surface area contributed by atoms with Crippen molar-refractivity contribution in [3.05, 3.63) is 12.2 Å². The molecule has 1 aliphatic rings. The quantitative estimate of drug-likeness (QED) is 0.529. The van der Waals surface area contributed by atoms with Gasteiger partial charge in [-0.25, -0.2) is 4.79 Å². The first-order chi connectivity index (χ1) is 7.87. The lowest BCUT2D eigenvalue weighted by molar-refractivity contribution is -0.118. The van der Waals surface area contributed by atoms with Crippen molar-refractivity contribution in [2.45, 2.75) is 57.3 Å². The third kappa shape index (κ3) is 6.51. The maximum atomic E-state index is 11.6. The molecule has 1 aliphatic carbocycles. The second kappa shape index (κ2) is 6.24. The fourth-order valence-corrected chi connectivity index (χ4v) is 2.22. The lowest BCUT2D eigenvalue weighted by Crippen LogP contribution is -2.19. The number of hydrogen-bond acceptors (Lipinski definition) is 4. The van der Waals surface area contributed by atoms with Gasteiger partial charge in [-0.05, 0) is 30.7 Å². The summed E-state index contributed by atoms with van der Waals surface area (Å²) in [4.78, 5) is 22.8. The Labute approximate surface area is 107 Å². The van der Waals surface area contributed by atoms with Crippen molar-refractivity contribution in [1.29, 1.82) is 0 Å². The molecule has 0 heterocycles. The van der Waals surface area contributed by atoms with Crippen molar-refractivity contribution < 1.29 is 14.3 Å². The van der Waals surface area contributed by atoms with Gasteiger partial charge in [0.1, 0.15) is 11.9 Å². The Morgan fingerprint density at radius 1 is 1.47 bits per heavy atom. The minimum atomic E-state index is -0.237. The standard InChI is InChI=1S/C13H20O3S/c1-13(2,3)17-12(15)16-11-8-4-6-10(14)7-5-9-11/h4,8,11H,5-7,9H2,1-3H3/b8-4+. The first kappa shape index (κ1) is 14.3. The van der Waals surface area contributed by atoms with Crippen LogP contribution in [0.2, 0.25) is 0 Å². The van der Waals surface area contributed by atoms with Crippen molar-refractivity contribution in [3.8, 4) is 0 Å². The highest BCUT2D eigenvalue weighted by Crippen LogP contribution is 2.26. The van der Waals surface area contributed by atoms with Gasteiger partial charge in [0.15, 0.2) is 0 Å². The molecule has 0 saturated carbocycles. The van der Waals surface area contributed by atoms with E-state index in [9.17, 15) is 9.59 Å². The minimum absolute atomic E-state index is 0.127. The number of allylic oxidation sites excluding steroid dienone is 1. The summed E-state index contributed by atoms with van der Waals surface area (Å²) >= 11 is 1.20. The van der Waals surface area contributed by atoms with Crippen molar-refractivity contribution >= 4 is 22.8 Å². The monoisotopic (exact) mass is 256 g/mol. The van der Waals surface area contributed by atoms with Gasteiger partial charge in [-0.2, -0.15) is 0 Å². The summed E-state index contributed by atoms with van der Waals surface area (Å²) in [6, 6.07) is 0. The summed E-state index contributed by atoms with van der Waals surface area (Å²) in [6.07, 6.45) is 6.04. The highest BCUT2D eigenvalue weighted by molar-refractivity contribution is 8.14. The summed E-state index contributed by atoms with van der Waals surface area (Å²) in [6.45, 7) is 5.93. The van der Waals surface area contributed by atoms with Crippen LogP contribution in [0.3, 0.4) is 0 Å². The molecule has 0 spiro atoms. The molecule has 4 heteroatoms. The molecular weight excluding hydrogens is 236 g/mol. The molecule has 0 aromatic rings. The van der Waals surface area contributed by atoms with Crippen molar-refractivity contribution in [1.82, 2.24) is 0 Å². The number of ether oxygens (including phenoxy) is 1. The van der Waals surface area contributed by atoms with E-state index in [0.29, 0.717) is 12.8 Å². The van der Waals surface area contributed by atoms with E-state index < -0.39 is 0 Å². The number of ketones is 1. The summed E-state index contributed by atoms with van der Waals surface area (Å²) in [7, 11) is 0. The molecule has 0 aromatic carbocycles. The molecule has 0 amide bonds. The van der Waals surface area contributed by atoms with Gasteiger partial charge in [-0.15, -0.1) is 0 Å². The van der Waals surface area contributed by atoms with E-state index in [4.69, 9.17) is 4.74 Å². The fourth-order valence-electron chi connectivity index (χ4n) is 1.55. The maximum absolute atomic E-state index is 11.6. The number of carbonyl (C=O) groups excluding carboxylic acids is 2. The molecule has 1 unspecified atom stereocenters. The molecule has 0 bridgehead atoms. The smallest absolute Gasteiger partial charge is 0.368 e. The first-order valence-corrected chi connectivity index (χ1v) is 6.76. The van der Waals surface area contributed by atoms with E-state index >= 15 is 0 Å². The van der Waals surface area contributed by atoms with E-state index in [1.54, 1.807) is 6.08 Å². The Hall–Kier alpha value is -0.770. The Morgan fingerprint density at radius 2 is 2.18 bits per heavy atom. The second-order valence-electron chi connectivity index (χ2n) is 5.18. The van der Waals surface area contributed by atoms with Gasteiger partial charge in [0.2, 0.25) is 0 Å². The summed E-state index contributed by atoms with van der Waals surface area (Å²) in [5, 5.41) is -0.237. The molecule has 17 heavy (non-hydrogen) atoms. The summed E-state index contributed by atoms with van der Waals surface area (Å²) < 4.78 is 5.24. The van der Waals surface area contributed by atoms with Crippen LogP contribution in [0.15, 0.2) is 12.2 Å². The molecule has 0 aliphatic heterocycles. The predicted octanol–water partition coefficient (Wildman–Crippen LogP) is 3.72. The molecule has 0 radical (unpaired) electrons. The van der Waals surface area contributed by atoms with Crippen molar-refractivity contribution in [2.75, 3.05) is 0 Å². The molecule has 0 fully saturated rings. The lowest BCUT2D eigenvalue weighted by atomic mass is 10.0. The van der Waals surface area contributed by atoms with E-state index in [2.05, 4.69) is 0 Å². The molecule has 1 atom stereocenters. The van der Waals surface area contributed by atoms with Crippen LogP contribution in [0.25, 0.3) is 0 Å². The third-order valence-electron chi connectivity index (χ3n) is 2.28. The number of thioether (sulfide) groups is 1. The predicted molar refractivity (Wildman–Crippen MR) is 70.2 cm³/mol. The zero-order valence-corrected chi connectivity index (χ0v) is 11.5. The largest absolute Gasteiger partial charge is 0.450 e. The Balaban J connectivity index is 2.45. The molecule has 0 aromatic heterocycles. The molecule has 3 nitrogen and oxygen atoms in total. The van der Waals surface area contributed by atoms with Crippen molar-refractivity contribution in [3.63, 3.8) is 0 Å². The van der Waals surface area contributed by atoms with Crippen LogP contribution in [0.4, 0.5) is 4.79 Å². The number of rotatable bonds is 1. The van der Waals surface area contributed by atoms with Crippen molar-refractivity contribution in [2.24, 2.45) is 0 Å². The van der Waals surface area contributed by atoms with Gasteiger partial charge in [0.25, 0.3) is 0 Å². The van der Waals surface area contributed by atoms with Crippen LogP contribution in [-0.2, 0) is 9.53 Å². The molecule has 0 N–H and O–H groups in total. The van der Waals surface area contributed by atoms with Gasteiger partial charge in [-0.1, -0.05) is 26.8 Å². The first-order valence-electron chi connectivity index (χ1n) is 5.95. The van der Waals surface area contributed by atoms with Crippen LogP contribution < -0.4 is 0 Å². The fraction of sp³-hybridized carbons (Fsp3) is 0.692. The highest BCUT2D eigenvalue weighted by atomic mass is 32.2. The summed E-state index contributed by atoms with van der Waals surface area (Å²) in [5.41, 5.74) is 0. The average Bonchev–Trinajstić information content (AvgIpc) is 2.10. The second-order valence-corrected chi connectivity index (χ2v) is 6.95. The zero-order valence-electron chi connectivity index (χ0n) is 10.7. The lowest BCUT2D eigenvalue weighted by Gasteiger charge is -2.19. The van der Waals surface area contributed by atoms with Gasteiger partial charge >= 0.3 is 5.30 Å². The Bertz CT molecular complexity index is 315. The van der Waals surface area contributed by atoms with E-state index in [1.165, 1.54) is 11.8 Å². The van der Waals surface area contributed by atoms with Crippen LogP contribution in [0.1, 0.15) is 46.5 Å². The molecule has 1 rings (SSSR count). The molecule has 0 saturated heterocycles. The summed E-state index contributed by atoms with van der Waals surface area (Å²) in [5.74, 6) is 0.259. The topological polar surface area (TPSA) is 43.4 Å². The van der Waals surface area contributed by atoms with Gasteiger partial charge < -0.3 is 4.74 Å². The van der Waals surface area contributed by atoms with E-state index in [-0.39, 0.29) is 21.9 Å². The van der Waals surface area contributed by atoms with E-state index in [1.807, 2.05) is 26.8 Å². The third-order valence-corrected chi connectivity index (χ3v) is 3.15.